The van der Waals surface area contributed by atoms with Crippen LogP contribution < -0.4 is 4.90 Å². The second kappa shape index (κ2) is 5.59. The van der Waals surface area contributed by atoms with Gasteiger partial charge in [-0.3, -0.25) is 0 Å². The molecule has 0 fully saturated rings. The molecule has 23 heavy (non-hydrogen) atoms. The summed E-state index contributed by atoms with van der Waals surface area (Å²) in [6, 6.07) is 10.6. The standard InChI is InChI=1S/C17H13Cl3N3/c1-10-8-11(18)9-13(20)16(10)23-7-3-6-22-14-5-2-4-12(19)15(14)21-17(22)23/h2,4,8-9H,3,6-7H2,1H3. The van der Waals surface area contributed by atoms with Crippen LogP contribution in [0.5, 0.6) is 0 Å². The molecule has 1 aliphatic heterocycles. The lowest BCUT2D eigenvalue weighted by molar-refractivity contribution is 0.603. The van der Waals surface area contributed by atoms with Crippen molar-refractivity contribution in [3.8, 4) is 0 Å². The Morgan fingerprint density at radius 1 is 1.13 bits per heavy atom. The zero-order chi connectivity index (χ0) is 16.1. The minimum atomic E-state index is 0.630. The fourth-order valence-electron chi connectivity index (χ4n) is 3.18. The molecule has 117 valence electrons. The van der Waals surface area contributed by atoms with E-state index in [1.807, 2.05) is 25.1 Å². The summed E-state index contributed by atoms with van der Waals surface area (Å²) in [5.41, 5.74) is 3.68. The first-order valence-electron chi connectivity index (χ1n) is 7.36. The lowest BCUT2D eigenvalue weighted by Crippen LogP contribution is -2.29. The predicted octanol–water partition coefficient (Wildman–Crippen LogP) is 5.65. The lowest BCUT2D eigenvalue weighted by Gasteiger charge is -2.31. The number of hydrogen-bond acceptors (Lipinski definition) is 2. The van der Waals surface area contributed by atoms with Crippen LogP contribution in [-0.4, -0.2) is 16.1 Å². The highest BCUT2D eigenvalue weighted by atomic mass is 35.5. The van der Waals surface area contributed by atoms with Gasteiger partial charge in [-0.05, 0) is 37.1 Å². The highest BCUT2D eigenvalue weighted by Crippen LogP contribution is 2.40. The van der Waals surface area contributed by atoms with Crippen LogP contribution in [0.2, 0.25) is 15.1 Å². The molecule has 0 atom stereocenters. The smallest absolute Gasteiger partial charge is 0.211 e. The molecule has 1 aliphatic rings. The van der Waals surface area contributed by atoms with Gasteiger partial charge >= 0.3 is 0 Å². The summed E-state index contributed by atoms with van der Waals surface area (Å²) in [5.74, 6) is 0.850. The van der Waals surface area contributed by atoms with Gasteiger partial charge in [-0.2, -0.15) is 0 Å². The van der Waals surface area contributed by atoms with E-state index < -0.39 is 0 Å². The minimum absolute atomic E-state index is 0.630. The van der Waals surface area contributed by atoms with Crippen molar-refractivity contribution in [1.29, 1.82) is 0 Å². The zero-order valence-corrected chi connectivity index (χ0v) is 14.7. The number of nitrogens with zero attached hydrogens (tertiary/aromatic N) is 3. The molecule has 1 aromatic heterocycles. The van der Waals surface area contributed by atoms with Crippen LogP contribution in [-0.2, 0) is 6.54 Å². The van der Waals surface area contributed by atoms with Crippen LogP contribution in [0.1, 0.15) is 12.0 Å². The van der Waals surface area contributed by atoms with Gasteiger partial charge in [-0.25, -0.2) is 4.98 Å². The van der Waals surface area contributed by atoms with Crippen molar-refractivity contribution in [3.63, 3.8) is 0 Å². The molecule has 3 nitrogen and oxygen atoms in total. The molecule has 0 saturated heterocycles. The average molecular weight is 366 g/mol. The Bertz CT molecular complexity index is 894. The van der Waals surface area contributed by atoms with Crippen LogP contribution in [0.3, 0.4) is 0 Å². The first-order valence-corrected chi connectivity index (χ1v) is 8.49. The molecule has 2 aromatic carbocycles. The van der Waals surface area contributed by atoms with Gasteiger partial charge in [0.25, 0.3) is 0 Å². The number of halogens is 3. The molecule has 0 N–H and O–H groups in total. The van der Waals surface area contributed by atoms with E-state index in [9.17, 15) is 0 Å². The molecule has 0 bridgehead atoms. The third kappa shape index (κ3) is 2.38. The van der Waals surface area contributed by atoms with Crippen molar-refractivity contribution in [2.75, 3.05) is 11.4 Å². The molecule has 0 saturated carbocycles. The number of benzene rings is 2. The Balaban J connectivity index is 1.95. The SMILES string of the molecule is Cc1cc(Cl)cc(Cl)c1N1CCCn2c1nc1c(Cl)cc[c]c12. The average Bonchev–Trinajstić information content (AvgIpc) is 2.87. The molecule has 0 unspecified atom stereocenters. The highest BCUT2D eigenvalue weighted by molar-refractivity contribution is 6.37. The first kappa shape index (κ1) is 15.1. The molecule has 6 heteroatoms. The second-order valence-electron chi connectivity index (χ2n) is 5.64. The van der Waals surface area contributed by atoms with E-state index in [1.165, 1.54) is 0 Å². The monoisotopic (exact) mass is 364 g/mol. The molecular formula is C17H13Cl3N3. The van der Waals surface area contributed by atoms with Gasteiger partial charge in [0.2, 0.25) is 5.95 Å². The summed E-state index contributed by atoms with van der Waals surface area (Å²) in [5, 5.41) is 1.91. The molecule has 0 spiro atoms. The number of fused-ring (bicyclic) bond motifs is 3. The van der Waals surface area contributed by atoms with Gasteiger partial charge in [-0.1, -0.05) is 40.9 Å². The Hall–Kier alpha value is -1.42. The third-order valence-corrected chi connectivity index (χ3v) is 4.93. The van der Waals surface area contributed by atoms with E-state index in [2.05, 4.69) is 15.5 Å². The maximum Gasteiger partial charge on any atom is 0.211 e. The van der Waals surface area contributed by atoms with Gasteiger partial charge in [0.15, 0.2) is 0 Å². The number of imidazole rings is 1. The topological polar surface area (TPSA) is 21.1 Å². The Labute approximate surface area is 149 Å². The number of hydrogen-bond donors (Lipinski definition) is 0. The maximum atomic E-state index is 6.47. The number of rotatable bonds is 1. The van der Waals surface area contributed by atoms with Gasteiger partial charge < -0.3 is 9.47 Å². The summed E-state index contributed by atoms with van der Waals surface area (Å²) in [6.45, 7) is 3.75. The summed E-state index contributed by atoms with van der Waals surface area (Å²) in [4.78, 5) is 6.89. The van der Waals surface area contributed by atoms with Crippen LogP contribution in [0.15, 0.2) is 24.3 Å². The molecule has 3 aromatic rings. The zero-order valence-electron chi connectivity index (χ0n) is 12.4. The Morgan fingerprint density at radius 2 is 1.96 bits per heavy atom. The van der Waals surface area contributed by atoms with Crippen LogP contribution in [0.25, 0.3) is 11.0 Å². The molecule has 0 aliphatic carbocycles. The van der Waals surface area contributed by atoms with Crippen molar-refractivity contribution < 1.29 is 0 Å². The van der Waals surface area contributed by atoms with E-state index in [4.69, 9.17) is 39.8 Å². The second-order valence-corrected chi connectivity index (χ2v) is 6.90. The largest absolute Gasteiger partial charge is 0.310 e. The van der Waals surface area contributed by atoms with Crippen molar-refractivity contribution in [2.45, 2.75) is 19.9 Å². The summed E-state index contributed by atoms with van der Waals surface area (Å²) in [6.07, 6.45) is 0.997. The van der Waals surface area contributed by atoms with Gasteiger partial charge in [0.05, 0.1) is 21.2 Å². The van der Waals surface area contributed by atoms with Gasteiger partial charge in [0, 0.05) is 24.2 Å². The van der Waals surface area contributed by atoms with E-state index in [0.717, 1.165) is 47.7 Å². The lowest BCUT2D eigenvalue weighted by atomic mass is 10.1. The summed E-state index contributed by atoms with van der Waals surface area (Å²) in [7, 11) is 0. The van der Waals surface area contributed by atoms with E-state index >= 15 is 0 Å². The predicted molar refractivity (Wildman–Crippen MR) is 96.4 cm³/mol. The van der Waals surface area contributed by atoms with Crippen LogP contribution >= 0.6 is 34.8 Å². The third-order valence-electron chi connectivity index (χ3n) is 4.12. The summed E-state index contributed by atoms with van der Waals surface area (Å²) >= 11 is 18.9. The van der Waals surface area contributed by atoms with Crippen molar-refractivity contribution in [3.05, 3.63) is 51.0 Å². The molecule has 0 amide bonds. The molecule has 2 heterocycles. The van der Waals surface area contributed by atoms with Crippen molar-refractivity contribution in [2.24, 2.45) is 0 Å². The summed E-state index contributed by atoms with van der Waals surface area (Å²) < 4.78 is 2.15. The van der Waals surface area contributed by atoms with Gasteiger partial charge in [0.1, 0.15) is 5.52 Å². The fourth-order valence-corrected chi connectivity index (χ4v) is 4.07. The normalized spacial score (nSPS) is 14.3. The van der Waals surface area contributed by atoms with Crippen molar-refractivity contribution >= 4 is 57.5 Å². The van der Waals surface area contributed by atoms with Crippen LogP contribution in [0, 0.1) is 13.0 Å². The fraction of sp³-hybridized carbons (Fsp3) is 0.235. The minimum Gasteiger partial charge on any atom is -0.310 e. The molecular weight excluding hydrogens is 353 g/mol. The quantitative estimate of drug-likeness (QED) is 0.556. The van der Waals surface area contributed by atoms with E-state index in [0.29, 0.717) is 15.1 Å². The highest BCUT2D eigenvalue weighted by Gasteiger charge is 2.26. The van der Waals surface area contributed by atoms with Crippen molar-refractivity contribution in [1.82, 2.24) is 9.55 Å². The van der Waals surface area contributed by atoms with Crippen LogP contribution in [0.4, 0.5) is 11.6 Å². The molecule has 1 radical (unpaired) electrons. The molecule has 4 rings (SSSR count). The Morgan fingerprint density at radius 3 is 2.74 bits per heavy atom. The Kier molecular flexibility index (Phi) is 3.67. The number of aromatic nitrogens is 2. The first-order chi connectivity index (χ1) is 11.1. The number of aryl methyl sites for hydroxylation is 2. The van der Waals surface area contributed by atoms with Gasteiger partial charge in [-0.15, -0.1) is 0 Å². The van der Waals surface area contributed by atoms with E-state index in [-0.39, 0.29) is 0 Å². The maximum absolute atomic E-state index is 6.47. The van der Waals surface area contributed by atoms with E-state index in [1.54, 1.807) is 6.07 Å². The number of anilines is 2.